The molecule has 4 heterocycles. The van der Waals surface area contributed by atoms with Crippen LogP contribution in [0.2, 0.25) is 0 Å². The van der Waals surface area contributed by atoms with Crippen LogP contribution in [0.5, 0.6) is 0 Å². The van der Waals surface area contributed by atoms with Crippen LogP contribution >= 0.6 is 0 Å². The number of hydrogen-bond acceptors (Lipinski definition) is 5. The molecule has 326 valence electrons. The summed E-state index contributed by atoms with van der Waals surface area (Å²) < 4.78 is 4.71. The third kappa shape index (κ3) is 6.90. The van der Waals surface area contributed by atoms with Gasteiger partial charge in [-0.3, -0.25) is 0 Å². The number of hydrogen-bond donors (Lipinski definition) is 0. The van der Waals surface area contributed by atoms with E-state index >= 15 is 0 Å². The van der Waals surface area contributed by atoms with Crippen LogP contribution in [0.4, 0.5) is 0 Å². The molecule has 0 radical (unpaired) electrons. The molecule has 13 rings (SSSR count). The fraction of sp³-hybridized carbons (Fsp3) is 0. The second-order valence-corrected chi connectivity index (χ2v) is 17.3. The van der Waals surface area contributed by atoms with Gasteiger partial charge in [-0.15, -0.1) is 0 Å². The molecule has 0 spiro atoms. The molecule has 0 amide bonds. The second kappa shape index (κ2) is 16.8. The highest BCUT2D eigenvalue weighted by Crippen LogP contribution is 2.44. The Kier molecular flexibility index (Phi) is 9.74. The largest absolute Gasteiger partial charge is 0.309 e. The molecule has 0 N–H and O–H groups in total. The number of fused-ring (bicyclic) bond motifs is 6. The van der Waals surface area contributed by atoms with Crippen LogP contribution in [-0.2, 0) is 0 Å². The summed E-state index contributed by atoms with van der Waals surface area (Å²) in [5.41, 5.74) is 14.5. The zero-order chi connectivity index (χ0) is 46.5. The Bertz CT molecular complexity index is 3860. The van der Waals surface area contributed by atoms with Crippen molar-refractivity contribution in [3.8, 4) is 85.2 Å². The summed E-state index contributed by atoms with van der Waals surface area (Å²) in [6.07, 6.45) is 0. The monoisotopic (exact) mass is 893 g/mol. The molecule has 0 atom stereocenters. The van der Waals surface area contributed by atoms with Gasteiger partial charge in [0.1, 0.15) is 0 Å². The van der Waals surface area contributed by atoms with Crippen LogP contribution in [0.1, 0.15) is 5.56 Å². The highest BCUT2D eigenvalue weighted by molar-refractivity contribution is 6.13. The van der Waals surface area contributed by atoms with E-state index in [1.54, 1.807) is 0 Å². The van der Waals surface area contributed by atoms with Crippen LogP contribution < -0.4 is 0 Å². The molecule has 7 nitrogen and oxygen atoms in total. The van der Waals surface area contributed by atoms with E-state index in [9.17, 15) is 5.26 Å². The highest BCUT2D eigenvalue weighted by Gasteiger charge is 2.26. The summed E-state index contributed by atoms with van der Waals surface area (Å²) >= 11 is 0. The van der Waals surface area contributed by atoms with E-state index in [0.29, 0.717) is 28.6 Å². The minimum absolute atomic E-state index is 0.461. The fourth-order valence-corrected chi connectivity index (χ4v) is 9.99. The van der Waals surface area contributed by atoms with Crippen LogP contribution in [-0.4, -0.2) is 29.1 Å². The van der Waals surface area contributed by atoms with Crippen molar-refractivity contribution < 1.29 is 0 Å². The smallest absolute Gasteiger partial charge is 0.160 e. The maximum atomic E-state index is 11.1. The minimum Gasteiger partial charge on any atom is -0.309 e. The first-order valence-corrected chi connectivity index (χ1v) is 23.3. The van der Waals surface area contributed by atoms with Gasteiger partial charge in [0.25, 0.3) is 0 Å². The highest BCUT2D eigenvalue weighted by atomic mass is 15.0. The quantitative estimate of drug-likeness (QED) is 0.152. The molecular formula is C63H39N7. The van der Waals surface area contributed by atoms with Gasteiger partial charge in [0.2, 0.25) is 0 Å². The van der Waals surface area contributed by atoms with Gasteiger partial charge in [-0.2, -0.15) is 5.26 Å². The maximum absolute atomic E-state index is 11.1. The van der Waals surface area contributed by atoms with Crippen molar-refractivity contribution in [2.24, 2.45) is 0 Å². The molecule has 0 saturated heterocycles. The van der Waals surface area contributed by atoms with Crippen molar-refractivity contribution in [2.45, 2.75) is 0 Å². The first-order chi connectivity index (χ1) is 34.7. The molecule has 0 fully saturated rings. The van der Waals surface area contributed by atoms with Crippen LogP contribution in [0, 0.1) is 11.3 Å². The number of nitrogens with zero attached hydrogens (tertiary/aromatic N) is 7. The molecule has 0 aliphatic heterocycles. The van der Waals surface area contributed by atoms with Crippen molar-refractivity contribution in [2.75, 3.05) is 0 Å². The van der Waals surface area contributed by atoms with Crippen LogP contribution in [0.25, 0.3) is 123 Å². The Morgan fingerprint density at radius 2 is 0.686 bits per heavy atom. The molecule has 0 bridgehead atoms. The van der Waals surface area contributed by atoms with Crippen LogP contribution in [0.15, 0.2) is 237 Å². The van der Waals surface area contributed by atoms with Crippen LogP contribution in [0.3, 0.4) is 0 Å². The lowest BCUT2D eigenvalue weighted by Gasteiger charge is -2.21. The number of benzene rings is 9. The predicted octanol–water partition coefficient (Wildman–Crippen LogP) is 15.3. The molecule has 4 aromatic heterocycles. The third-order valence-corrected chi connectivity index (χ3v) is 13.2. The lowest BCUT2D eigenvalue weighted by Crippen LogP contribution is -2.06. The minimum atomic E-state index is 0.461. The van der Waals surface area contributed by atoms with Gasteiger partial charge in [-0.1, -0.05) is 182 Å². The van der Waals surface area contributed by atoms with E-state index in [-0.39, 0.29) is 0 Å². The normalized spacial score (nSPS) is 11.4. The average Bonchev–Trinajstić information content (AvgIpc) is 3.95. The molecule has 13 aromatic rings. The first-order valence-electron chi connectivity index (χ1n) is 23.3. The molecule has 70 heavy (non-hydrogen) atoms. The molecule has 0 aliphatic rings. The molecule has 0 aliphatic carbocycles. The number of aromatic nitrogens is 6. The number of para-hydroxylation sites is 3. The summed E-state index contributed by atoms with van der Waals surface area (Å²) in [4.78, 5) is 21.2. The standard InChI is InChI=1S/C63H39N7/c64-40-41-35-51(55-38-53(42-19-5-1-6-20-42)65-62(67-55)44-23-9-3-10-24-44)61(52(36-41)56-39-54(43-21-7-2-8-22-43)66-63(68-56)45-25-11-4-12-26-45)70-59-32-18-15-29-49(59)50-34-33-46(37-60(50)70)69-57-30-16-13-27-47(57)48-28-14-17-31-58(48)69/h1-39H. The van der Waals surface area contributed by atoms with Crippen molar-refractivity contribution in [3.05, 3.63) is 242 Å². The van der Waals surface area contributed by atoms with E-state index < -0.39 is 0 Å². The van der Waals surface area contributed by atoms with Crippen molar-refractivity contribution in [3.63, 3.8) is 0 Å². The first kappa shape index (κ1) is 40.5. The molecular weight excluding hydrogens is 855 g/mol. The van der Waals surface area contributed by atoms with Gasteiger partial charge in [-0.05, 0) is 54.6 Å². The summed E-state index contributed by atoms with van der Waals surface area (Å²) in [6.45, 7) is 0. The average molecular weight is 894 g/mol. The van der Waals surface area contributed by atoms with Gasteiger partial charge in [0, 0.05) is 60.6 Å². The van der Waals surface area contributed by atoms with E-state index in [2.05, 4.69) is 130 Å². The molecule has 0 saturated carbocycles. The Labute approximate surface area is 403 Å². The van der Waals surface area contributed by atoms with Gasteiger partial charge in [0.15, 0.2) is 11.6 Å². The van der Waals surface area contributed by atoms with Crippen molar-refractivity contribution >= 4 is 43.6 Å². The number of rotatable bonds is 8. The predicted molar refractivity (Wildman–Crippen MR) is 284 cm³/mol. The number of nitriles is 1. The topological polar surface area (TPSA) is 85.2 Å². The maximum Gasteiger partial charge on any atom is 0.160 e. The summed E-state index contributed by atoms with van der Waals surface area (Å²) in [5.74, 6) is 1.14. The van der Waals surface area contributed by atoms with Crippen molar-refractivity contribution in [1.82, 2.24) is 29.1 Å². The molecule has 0 unspecified atom stereocenters. The van der Waals surface area contributed by atoms with Gasteiger partial charge >= 0.3 is 0 Å². The second-order valence-electron chi connectivity index (χ2n) is 17.3. The Balaban J connectivity index is 1.18. The zero-order valence-corrected chi connectivity index (χ0v) is 37.6. The zero-order valence-electron chi connectivity index (χ0n) is 37.6. The summed E-state index contributed by atoms with van der Waals surface area (Å²) in [7, 11) is 0. The lowest BCUT2D eigenvalue weighted by atomic mass is 9.95. The van der Waals surface area contributed by atoms with E-state index in [1.165, 1.54) is 10.8 Å². The Morgan fingerprint density at radius 3 is 1.13 bits per heavy atom. The fourth-order valence-electron chi connectivity index (χ4n) is 9.99. The van der Waals surface area contributed by atoms with E-state index in [0.717, 1.165) is 89.0 Å². The van der Waals surface area contributed by atoms with E-state index in [4.69, 9.17) is 19.9 Å². The summed E-state index contributed by atoms with van der Waals surface area (Å²) in [5, 5.41) is 15.6. The van der Waals surface area contributed by atoms with Gasteiger partial charge in [0.05, 0.1) is 62.2 Å². The SMILES string of the molecule is N#Cc1cc(-c2cc(-c3ccccc3)nc(-c3ccccc3)n2)c(-n2c3ccccc3c3ccc(-n4c5ccccc5c5ccccc54)cc32)c(-c2cc(-c3ccccc3)nc(-c3ccccc3)n2)c1. The van der Waals surface area contributed by atoms with Crippen molar-refractivity contribution in [1.29, 1.82) is 5.26 Å². The third-order valence-electron chi connectivity index (χ3n) is 13.2. The summed E-state index contributed by atoms with van der Waals surface area (Å²) in [6, 6.07) is 83.6. The van der Waals surface area contributed by atoms with E-state index in [1.807, 2.05) is 121 Å². The van der Waals surface area contributed by atoms with Gasteiger partial charge in [-0.25, -0.2) is 19.9 Å². The Morgan fingerprint density at radius 1 is 0.314 bits per heavy atom. The van der Waals surface area contributed by atoms with Gasteiger partial charge < -0.3 is 9.13 Å². The molecule has 7 heteroatoms. The Hall–Kier alpha value is -9.77. The molecule has 9 aromatic carbocycles. The lowest BCUT2D eigenvalue weighted by molar-refractivity contribution is 1.13.